The molecule has 0 atom stereocenters. The van der Waals surface area contributed by atoms with E-state index in [0.717, 1.165) is 35.5 Å². The third-order valence-electron chi connectivity index (χ3n) is 5.50. The number of hydrogen-bond acceptors (Lipinski definition) is 6. The Morgan fingerprint density at radius 3 is 2.56 bits per heavy atom. The molecule has 1 fully saturated rings. The van der Waals surface area contributed by atoms with Crippen LogP contribution in [0.4, 0.5) is 30.7 Å². The van der Waals surface area contributed by atoms with Gasteiger partial charge in [-0.1, -0.05) is 11.6 Å². The van der Waals surface area contributed by atoms with Crippen LogP contribution in [0.1, 0.15) is 35.3 Å². The summed E-state index contributed by atoms with van der Waals surface area (Å²) in [5.74, 6) is -8.17. The maximum atomic E-state index is 14.0. The number of ether oxygens (including phenoxy) is 1. The number of carbonyl (C=O) groups is 1. The average molecular weight is 556 g/mol. The summed E-state index contributed by atoms with van der Waals surface area (Å²) in [6.07, 6.45) is -2.65. The van der Waals surface area contributed by atoms with Gasteiger partial charge in [-0.25, -0.2) is 9.36 Å². The van der Waals surface area contributed by atoms with Crippen LogP contribution in [-0.4, -0.2) is 38.1 Å². The van der Waals surface area contributed by atoms with Gasteiger partial charge in [-0.05, 0) is 18.9 Å². The van der Waals surface area contributed by atoms with Gasteiger partial charge in [0.15, 0.2) is 23.0 Å². The van der Waals surface area contributed by atoms with Crippen LogP contribution in [0, 0.1) is 16.7 Å². The molecule has 0 saturated heterocycles. The number of ketones is 1. The maximum Gasteiger partial charge on any atom is 0.459 e. The monoisotopic (exact) mass is 555 g/mol. The van der Waals surface area contributed by atoms with Crippen molar-refractivity contribution in [2.75, 3.05) is 0 Å². The second-order valence-corrected chi connectivity index (χ2v) is 9.69. The van der Waals surface area contributed by atoms with Gasteiger partial charge in [0.2, 0.25) is 0 Å². The molecule has 0 bridgehead atoms. The smallest absolute Gasteiger partial charge is 0.428 e. The summed E-state index contributed by atoms with van der Waals surface area (Å²) in [7, 11) is 0.951. The summed E-state index contributed by atoms with van der Waals surface area (Å²) in [5, 5.41) is 16.1. The van der Waals surface area contributed by atoms with Crippen LogP contribution in [0.25, 0.3) is 16.3 Å². The molecule has 0 aliphatic heterocycles. The van der Waals surface area contributed by atoms with E-state index in [-0.39, 0.29) is 27.7 Å². The molecule has 192 valence electrons. The van der Waals surface area contributed by atoms with Crippen LogP contribution < -0.4 is 4.74 Å². The number of carbonyl (C=O) groups excluding carboxylic acids is 1. The number of nitriles is 1. The highest BCUT2D eigenvalue weighted by atomic mass is 35.5. The maximum absolute atomic E-state index is 14.0. The fraction of sp³-hybridized carbons (Fsp3) is 0.400. The standard InChI is InChI=1S/C20H13ClF7N5O2S/c1-32-16(13(35-17(22)23)14(31-32)19(24,25)20(26,27)28)33-7-9(6-30-33)12-4-10(15(21)36-12)11(34)5-18(8-29)2-3-18/h4,6-7,17H,2-3,5H2,1H3. The van der Waals surface area contributed by atoms with Crippen molar-refractivity contribution in [3.63, 3.8) is 0 Å². The number of rotatable bonds is 8. The van der Waals surface area contributed by atoms with E-state index in [1.54, 1.807) is 0 Å². The summed E-state index contributed by atoms with van der Waals surface area (Å²) in [5.41, 5.74) is -2.36. The second-order valence-electron chi connectivity index (χ2n) is 8.04. The molecule has 3 heterocycles. The van der Waals surface area contributed by atoms with Crippen LogP contribution in [0.3, 0.4) is 0 Å². The largest absolute Gasteiger partial charge is 0.459 e. The van der Waals surface area contributed by atoms with Gasteiger partial charge in [0.05, 0.1) is 17.7 Å². The molecule has 3 aromatic rings. The lowest BCUT2D eigenvalue weighted by molar-refractivity contribution is -0.291. The summed E-state index contributed by atoms with van der Waals surface area (Å²) in [6.45, 7) is -3.74. The van der Waals surface area contributed by atoms with Gasteiger partial charge < -0.3 is 4.74 Å². The second kappa shape index (κ2) is 8.77. The van der Waals surface area contributed by atoms with Crippen molar-refractivity contribution in [1.82, 2.24) is 19.6 Å². The minimum atomic E-state index is -6.13. The fourth-order valence-electron chi connectivity index (χ4n) is 3.43. The summed E-state index contributed by atoms with van der Waals surface area (Å²) < 4.78 is 98.0. The minimum absolute atomic E-state index is 0.0157. The number of aryl methyl sites for hydroxylation is 1. The molecule has 16 heteroatoms. The van der Waals surface area contributed by atoms with Gasteiger partial charge in [-0.2, -0.15) is 46.2 Å². The van der Waals surface area contributed by atoms with E-state index in [1.165, 1.54) is 6.07 Å². The van der Waals surface area contributed by atoms with Crippen molar-refractivity contribution in [1.29, 1.82) is 5.26 Å². The van der Waals surface area contributed by atoms with Crippen LogP contribution in [-0.2, 0) is 13.0 Å². The lowest BCUT2D eigenvalue weighted by atomic mass is 9.98. The highest BCUT2D eigenvalue weighted by Gasteiger charge is 2.62. The third kappa shape index (κ3) is 4.55. The topological polar surface area (TPSA) is 85.7 Å². The SMILES string of the molecule is Cn1nc(C(F)(F)C(F)(F)F)c(OC(F)F)c1-n1cc(-c2cc(C(=O)CC3(C#N)CC3)c(Cl)s2)cn1. The summed E-state index contributed by atoms with van der Waals surface area (Å²) in [6, 6.07) is 3.53. The minimum Gasteiger partial charge on any atom is -0.428 e. The molecule has 1 aliphatic carbocycles. The molecule has 1 aliphatic rings. The van der Waals surface area contributed by atoms with Crippen molar-refractivity contribution in [3.8, 4) is 28.1 Å². The van der Waals surface area contributed by atoms with E-state index in [9.17, 15) is 40.8 Å². The summed E-state index contributed by atoms with van der Waals surface area (Å²) >= 11 is 7.15. The van der Waals surface area contributed by atoms with Gasteiger partial charge in [0.1, 0.15) is 4.34 Å². The van der Waals surface area contributed by atoms with E-state index < -0.39 is 41.4 Å². The predicted octanol–water partition coefficient (Wildman–Crippen LogP) is 6.12. The third-order valence-corrected chi connectivity index (χ3v) is 6.90. The Labute approximate surface area is 206 Å². The number of hydrogen-bond donors (Lipinski definition) is 0. The van der Waals surface area contributed by atoms with Gasteiger partial charge in [-0.15, -0.1) is 11.3 Å². The zero-order valence-corrected chi connectivity index (χ0v) is 19.5. The van der Waals surface area contributed by atoms with Crippen LogP contribution in [0.5, 0.6) is 5.75 Å². The average Bonchev–Trinajstić information content (AvgIpc) is 3.08. The van der Waals surface area contributed by atoms with E-state index >= 15 is 0 Å². The van der Waals surface area contributed by atoms with Crippen LogP contribution in [0.15, 0.2) is 18.5 Å². The zero-order valence-electron chi connectivity index (χ0n) is 17.9. The molecule has 0 aromatic carbocycles. The lowest BCUT2D eigenvalue weighted by Gasteiger charge is -2.18. The Kier molecular flexibility index (Phi) is 6.32. The first-order valence-corrected chi connectivity index (χ1v) is 11.1. The van der Waals surface area contributed by atoms with Crippen molar-refractivity contribution in [2.24, 2.45) is 12.5 Å². The normalized spacial score (nSPS) is 15.2. The molecule has 1 saturated carbocycles. The van der Waals surface area contributed by atoms with Crippen molar-refractivity contribution in [2.45, 2.75) is 38.0 Å². The van der Waals surface area contributed by atoms with Crippen molar-refractivity contribution < 1.29 is 40.3 Å². The molecule has 3 aromatic heterocycles. The molecule has 0 N–H and O–H groups in total. The Morgan fingerprint density at radius 2 is 2.00 bits per heavy atom. The van der Waals surface area contributed by atoms with Crippen molar-refractivity contribution >= 4 is 28.7 Å². The number of thiophene rings is 1. The van der Waals surface area contributed by atoms with Crippen LogP contribution >= 0.6 is 22.9 Å². The number of halogens is 8. The Hall–Kier alpha value is -3.12. The Balaban J connectivity index is 1.71. The first kappa shape index (κ1) is 26.0. The Morgan fingerprint density at radius 1 is 1.33 bits per heavy atom. The van der Waals surface area contributed by atoms with E-state index in [2.05, 4.69) is 21.0 Å². The highest BCUT2D eigenvalue weighted by Crippen LogP contribution is 2.50. The van der Waals surface area contributed by atoms with Gasteiger partial charge in [0, 0.05) is 35.7 Å². The molecule has 0 spiro atoms. The first-order valence-electron chi connectivity index (χ1n) is 9.95. The zero-order chi connectivity index (χ0) is 26.6. The number of nitrogens with zero attached hydrogens (tertiary/aromatic N) is 5. The van der Waals surface area contributed by atoms with Gasteiger partial charge in [-0.3, -0.25) is 4.79 Å². The van der Waals surface area contributed by atoms with Gasteiger partial charge in [0.25, 0.3) is 0 Å². The van der Waals surface area contributed by atoms with Crippen LogP contribution in [0.2, 0.25) is 4.34 Å². The highest BCUT2D eigenvalue weighted by molar-refractivity contribution is 7.19. The first-order chi connectivity index (χ1) is 16.7. The van der Waals surface area contributed by atoms with E-state index in [1.807, 2.05) is 0 Å². The molecular formula is C20H13ClF7N5O2S. The van der Waals surface area contributed by atoms with Gasteiger partial charge >= 0.3 is 18.7 Å². The molecule has 0 amide bonds. The molecule has 0 radical (unpaired) electrons. The lowest BCUT2D eigenvalue weighted by Crippen LogP contribution is -2.34. The van der Waals surface area contributed by atoms with E-state index in [0.29, 0.717) is 22.4 Å². The number of alkyl halides is 7. The fourth-order valence-corrected chi connectivity index (χ4v) is 4.72. The number of Topliss-reactive ketones (excluding diaryl/α,β-unsaturated/α-hetero) is 1. The molecule has 36 heavy (non-hydrogen) atoms. The quantitative estimate of drug-likeness (QED) is 0.247. The molecule has 0 unspecified atom stereocenters. The van der Waals surface area contributed by atoms with Crippen molar-refractivity contribution in [3.05, 3.63) is 34.1 Å². The Bertz CT molecular complexity index is 1370. The molecule has 7 nitrogen and oxygen atoms in total. The molecular weight excluding hydrogens is 543 g/mol. The molecule has 4 rings (SSSR count). The predicted molar refractivity (Wildman–Crippen MR) is 111 cm³/mol. The van der Waals surface area contributed by atoms with E-state index in [4.69, 9.17) is 11.6 Å². The number of aromatic nitrogens is 4. The summed E-state index contributed by atoms with van der Waals surface area (Å²) in [4.78, 5) is 13.0.